The van der Waals surface area contributed by atoms with E-state index in [2.05, 4.69) is 16.0 Å². The van der Waals surface area contributed by atoms with Crippen molar-refractivity contribution >= 4 is 17.6 Å². The second-order valence-electron chi connectivity index (χ2n) is 4.00. The Kier molecular flexibility index (Phi) is 6.45. The highest BCUT2D eigenvalue weighted by molar-refractivity contribution is 5.96. The third-order valence-electron chi connectivity index (χ3n) is 2.51. The third-order valence-corrected chi connectivity index (χ3v) is 2.51. The summed E-state index contributed by atoms with van der Waals surface area (Å²) in [6, 6.07) is 3.38. The molecule has 0 aromatic heterocycles. The van der Waals surface area contributed by atoms with E-state index < -0.39 is 17.8 Å². The molecule has 3 N–H and O–H groups in total. The van der Waals surface area contributed by atoms with Crippen molar-refractivity contribution in [2.24, 2.45) is 0 Å². The van der Waals surface area contributed by atoms with Crippen LogP contribution in [0.25, 0.3) is 0 Å². The normalized spacial score (nSPS) is 9.95. The van der Waals surface area contributed by atoms with Gasteiger partial charge in [-0.1, -0.05) is 0 Å². The lowest BCUT2D eigenvalue weighted by atomic mass is 10.1. The van der Waals surface area contributed by atoms with Crippen molar-refractivity contribution < 1.29 is 18.7 Å². The summed E-state index contributed by atoms with van der Waals surface area (Å²) < 4.78 is 18.3. The van der Waals surface area contributed by atoms with E-state index in [0.717, 1.165) is 6.07 Å². The van der Waals surface area contributed by atoms with E-state index in [1.807, 2.05) is 0 Å². The smallest absolute Gasteiger partial charge is 0.319 e. The Morgan fingerprint density at radius 1 is 1.35 bits per heavy atom. The minimum Gasteiger partial charge on any atom is -0.385 e. The number of carbonyl (C=O) groups excluding carboxylic acids is 2. The van der Waals surface area contributed by atoms with Crippen LogP contribution in [0.5, 0.6) is 0 Å². The summed E-state index contributed by atoms with van der Waals surface area (Å²) in [7, 11) is 2.99. The summed E-state index contributed by atoms with van der Waals surface area (Å²) >= 11 is 0. The van der Waals surface area contributed by atoms with Gasteiger partial charge in [0.15, 0.2) is 0 Å². The second kappa shape index (κ2) is 8.11. The zero-order valence-corrected chi connectivity index (χ0v) is 11.5. The highest BCUT2D eigenvalue weighted by atomic mass is 19.1. The number of carbonyl (C=O) groups is 2. The first kappa shape index (κ1) is 15.9. The molecule has 0 aliphatic heterocycles. The van der Waals surface area contributed by atoms with Gasteiger partial charge in [-0.25, -0.2) is 9.18 Å². The number of halogens is 1. The van der Waals surface area contributed by atoms with Gasteiger partial charge in [0.2, 0.25) is 0 Å². The van der Waals surface area contributed by atoms with Gasteiger partial charge < -0.3 is 20.7 Å². The number of amides is 3. The molecule has 110 valence electrons. The molecule has 1 rings (SSSR count). The molecule has 1 aromatic rings. The van der Waals surface area contributed by atoms with Crippen molar-refractivity contribution in [3.63, 3.8) is 0 Å². The van der Waals surface area contributed by atoms with Gasteiger partial charge in [-0.3, -0.25) is 4.79 Å². The van der Waals surface area contributed by atoms with Crippen molar-refractivity contribution in [2.45, 2.75) is 6.42 Å². The summed E-state index contributed by atoms with van der Waals surface area (Å²) in [5, 5.41) is 7.48. The topological polar surface area (TPSA) is 79.5 Å². The molecule has 0 saturated heterocycles. The maximum Gasteiger partial charge on any atom is 0.319 e. The van der Waals surface area contributed by atoms with E-state index in [-0.39, 0.29) is 5.56 Å². The monoisotopic (exact) mass is 283 g/mol. The van der Waals surface area contributed by atoms with E-state index in [4.69, 9.17) is 4.74 Å². The van der Waals surface area contributed by atoms with E-state index in [1.54, 1.807) is 7.11 Å². The van der Waals surface area contributed by atoms with Crippen molar-refractivity contribution in [1.82, 2.24) is 10.6 Å². The van der Waals surface area contributed by atoms with Crippen LogP contribution >= 0.6 is 0 Å². The number of urea groups is 1. The molecule has 0 aliphatic carbocycles. The van der Waals surface area contributed by atoms with Crippen molar-refractivity contribution in [2.75, 3.05) is 32.6 Å². The molecule has 0 bridgehead atoms. The largest absolute Gasteiger partial charge is 0.385 e. The molecule has 0 radical (unpaired) electrons. The molecule has 7 heteroatoms. The molecule has 0 heterocycles. The van der Waals surface area contributed by atoms with Crippen LogP contribution in [0.15, 0.2) is 18.2 Å². The molecule has 0 unspecified atom stereocenters. The van der Waals surface area contributed by atoms with Crippen molar-refractivity contribution in [3.05, 3.63) is 29.6 Å². The van der Waals surface area contributed by atoms with Crippen LogP contribution in [0.2, 0.25) is 0 Å². The van der Waals surface area contributed by atoms with Gasteiger partial charge >= 0.3 is 6.03 Å². The SMILES string of the molecule is CNC(=O)c1cc(NC(=O)NCCCOC)ccc1F. The summed E-state index contributed by atoms with van der Waals surface area (Å²) in [4.78, 5) is 23.0. The van der Waals surface area contributed by atoms with Crippen LogP contribution < -0.4 is 16.0 Å². The quantitative estimate of drug-likeness (QED) is 0.689. The molecule has 0 fully saturated rings. The molecule has 20 heavy (non-hydrogen) atoms. The average Bonchev–Trinajstić information content (AvgIpc) is 2.45. The lowest BCUT2D eigenvalue weighted by Crippen LogP contribution is -2.30. The molecule has 0 saturated carbocycles. The number of hydrogen-bond donors (Lipinski definition) is 3. The Morgan fingerprint density at radius 3 is 2.75 bits per heavy atom. The van der Waals surface area contributed by atoms with E-state index >= 15 is 0 Å². The first-order chi connectivity index (χ1) is 9.58. The Bertz CT molecular complexity index is 480. The van der Waals surface area contributed by atoms with Crippen LogP contribution in [0, 0.1) is 5.82 Å². The number of benzene rings is 1. The lowest BCUT2D eigenvalue weighted by molar-refractivity contribution is 0.0959. The summed E-state index contributed by atoms with van der Waals surface area (Å²) in [6.45, 7) is 1.01. The number of nitrogens with one attached hydrogen (secondary N) is 3. The Hall–Kier alpha value is -2.15. The molecular weight excluding hydrogens is 265 g/mol. The average molecular weight is 283 g/mol. The van der Waals surface area contributed by atoms with Crippen LogP contribution in [0.3, 0.4) is 0 Å². The van der Waals surface area contributed by atoms with Gasteiger partial charge in [-0.15, -0.1) is 0 Å². The van der Waals surface area contributed by atoms with Crippen molar-refractivity contribution in [1.29, 1.82) is 0 Å². The van der Waals surface area contributed by atoms with Gasteiger partial charge in [-0.2, -0.15) is 0 Å². The minimum atomic E-state index is -0.643. The number of ether oxygens (including phenoxy) is 1. The first-order valence-electron chi connectivity index (χ1n) is 6.14. The molecule has 3 amide bonds. The van der Waals surface area contributed by atoms with Gasteiger partial charge in [0.05, 0.1) is 5.56 Å². The highest BCUT2D eigenvalue weighted by Gasteiger charge is 2.11. The van der Waals surface area contributed by atoms with Crippen molar-refractivity contribution in [3.8, 4) is 0 Å². The van der Waals surface area contributed by atoms with Gasteiger partial charge in [0.1, 0.15) is 5.82 Å². The third kappa shape index (κ3) is 4.85. The zero-order chi connectivity index (χ0) is 15.0. The molecular formula is C13H18FN3O3. The van der Waals surface area contributed by atoms with E-state index in [0.29, 0.717) is 25.3 Å². The predicted octanol–water partition coefficient (Wildman–Crippen LogP) is 1.34. The van der Waals surface area contributed by atoms with Gasteiger partial charge in [-0.05, 0) is 24.6 Å². The molecule has 1 aromatic carbocycles. The Morgan fingerprint density at radius 2 is 2.10 bits per heavy atom. The summed E-state index contributed by atoms with van der Waals surface area (Å²) in [6.07, 6.45) is 0.691. The Labute approximate surface area is 116 Å². The lowest BCUT2D eigenvalue weighted by Gasteiger charge is -2.09. The highest BCUT2D eigenvalue weighted by Crippen LogP contribution is 2.14. The van der Waals surface area contributed by atoms with Crippen LogP contribution in [-0.4, -0.2) is 39.2 Å². The Balaban J connectivity index is 2.59. The summed E-state index contributed by atoms with van der Waals surface area (Å²) in [5.74, 6) is -1.19. The van der Waals surface area contributed by atoms with Gasteiger partial charge in [0, 0.05) is 33.0 Å². The summed E-state index contributed by atoms with van der Waals surface area (Å²) in [5.41, 5.74) is 0.221. The molecule has 0 spiro atoms. The van der Waals surface area contributed by atoms with Crippen LogP contribution in [0.4, 0.5) is 14.9 Å². The van der Waals surface area contributed by atoms with Crippen LogP contribution in [0.1, 0.15) is 16.8 Å². The molecule has 6 nitrogen and oxygen atoms in total. The number of anilines is 1. The van der Waals surface area contributed by atoms with E-state index in [9.17, 15) is 14.0 Å². The standard InChI is InChI=1S/C13H18FN3O3/c1-15-12(18)10-8-9(4-5-11(10)14)17-13(19)16-6-3-7-20-2/h4-5,8H,3,6-7H2,1-2H3,(H,15,18)(H2,16,17,19). The fourth-order valence-corrected chi connectivity index (χ4v) is 1.51. The fraction of sp³-hybridized carbons (Fsp3) is 0.385. The maximum atomic E-state index is 13.4. The van der Waals surface area contributed by atoms with Crippen LogP contribution in [-0.2, 0) is 4.74 Å². The molecule has 0 atom stereocenters. The van der Waals surface area contributed by atoms with Gasteiger partial charge in [0.25, 0.3) is 5.91 Å². The van der Waals surface area contributed by atoms with E-state index in [1.165, 1.54) is 19.2 Å². The second-order valence-corrected chi connectivity index (χ2v) is 4.00. The first-order valence-corrected chi connectivity index (χ1v) is 6.14. The minimum absolute atomic E-state index is 0.121. The number of rotatable bonds is 6. The molecule has 0 aliphatic rings. The fourth-order valence-electron chi connectivity index (χ4n) is 1.51. The maximum absolute atomic E-state index is 13.4. The number of hydrogen-bond acceptors (Lipinski definition) is 3. The zero-order valence-electron chi connectivity index (χ0n) is 11.5. The number of methoxy groups -OCH3 is 1. The predicted molar refractivity (Wildman–Crippen MR) is 73.3 cm³/mol.